The maximum absolute atomic E-state index is 12.5. The zero-order valence-electron chi connectivity index (χ0n) is 20.4. The first-order chi connectivity index (χ1) is 17.7. The molecule has 0 unspecified atom stereocenters. The second kappa shape index (κ2) is 11.1. The molecular formula is C25H27N5O6S. The molecule has 37 heavy (non-hydrogen) atoms. The molecule has 0 radical (unpaired) electrons. The van der Waals surface area contributed by atoms with Gasteiger partial charge in [0.05, 0.1) is 18.3 Å². The van der Waals surface area contributed by atoms with E-state index in [1.54, 1.807) is 24.3 Å². The molecule has 1 amide bonds. The standard InChI is InChI=1S/C25H27N5O6S/c1-15(2)35-22-9-6-16(12-17(22)13-26)25-28-24(29-36-25)20-5-3-4-19-18(20)7-8-21(19)30-37(33,34)14-23(32)27-10-11-31/h3-6,9,12,15,21,30-31H,7-8,10-11,14H2,1-2H3,(H,27,32)/t21-/m0/s1. The van der Waals surface area contributed by atoms with E-state index in [-0.39, 0.29) is 25.1 Å². The Morgan fingerprint density at radius 2 is 2.14 bits per heavy atom. The Morgan fingerprint density at radius 3 is 2.86 bits per heavy atom. The van der Waals surface area contributed by atoms with Crippen LogP contribution in [0.2, 0.25) is 0 Å². The topological polar surface area (TPSA) is 167 Å². The number of nitrogens with one attached hydrogen (secondary N) is 2. The van der Waals surface area contributed by atoms with Crippen LogP contribution in [-0.2, 0) is 21.2 Å². The molecule has 194 valence electrons. The summed E-state index contributed by atoms with van der Waals surface area (Å²) >= 11 is 0. The number of nitrogens with zero attached hydrogens (tertiary/aromatic N) is 3. The summed E-state index contributed by atoms with van der Waals surface area (Å²) in [5, 5.41) is 24.8. The number of hydrogen-bond acceptors (Lipinski definition) is 9. The van der Waals surface area contributed by atoms with Gasteiger partial charge in [0.15, 0.2) is 0 Å². The molecule has 0 bridgehead atoms. The summed E-state index contributed by atoms with van der Waals surface area (Å²) in [6.07, 6.45) is 1.01. The van der Waals surface area contributed by atoms with Gasteiger partial charge in [-0.25, -0.2) is 13.1 Å². The number of aliphatic hydroxyl groups is 1. The number of amides is 1. The summed E-state index contributed by atoms with van der Waals surface area (Å²) in [6, 6.07) is 12.2. The Bertz CT molecular complexity index is 1440. The number of benzene rings is 2. The Morgan fingerprint density at radius 1 is 1.32 bits per heavy atom. The average Bonchev–Trinajstić information content (AvgIpc) is 3.50. The first-order valence-electron chi connectivity index (χ1n) is 11.8. The average molecular weight is 526 g/mol. The van der Waals surface area contributed by atoms with Gasteiger partial charge in [0.2, 0.25) is 21.8 Å². The zero-order chi connectivity index (χ0) is 26.6. The van der Waals surface area contributed by atoms with Gasteiger partial charge in [-0.3, -0.25) is 4.79 Å². The van der Waals surface area contributed by atoms with Crippen molar-refractivity contribution in [1.29, 1.82) is 5.26 Å². The number of carbonyl (C=O) groups excluding carboxylic acids is 1. The Kier molecular flexibility index (Phi) is 7.87. The molecule has 1 atom stereocenters. The summed E-state index contributed by atoms with van der Waals surface area (Å²) in [4.78, 5) is 16.3. The van der Waals surface area contributed by atoms with Crippen molar-refractivity contribution in [3.05, 3.63) is 53.1 Å². The van der Waals surface area contributed by atoms with E-state index in [2.05, 4.69) is 26.2 Å². The van der Waals surface area contributed by atoms with Crippen molar-refractivity contribution >= 4 is 15.9 Å². The fraction of sp³-hybridized carbons (Fsp3) is 0.360. The first kappa shape index (κ1) is 26.3. The number of aromatic nitrogens is 2. The summed E-state index contributed by atoms with van der Waals surface area (Å²) in [5.74, 6) is -0.347. The SMILES string of the molecule is CC(C)Oc1ccc(-c2nc(-c3cccc4c3CC[C@@H]4NS(=O)(=O)CC(=O)NCCO)no2)cc1C#N. The normalized spacial score (nSPS) is 14.8. The second-order valence-electron chi connectivity index (χ2n) is 8.83. The van der Waals surface area contributed by atoms with Crippen LogP contribution in [-0.4, -0.2) is 54.6 Å². The van der Waals surface area contributed by atoms with E-state index in [1.165, 1.54) is 0 Å². The van der Waals surface area contributed by atoms with Crippen molar-refractivity contribution in [3.63, 3.8) is 0 Å². The minimum Gasteiger partial charge on any atom is -0.490 e. The lowest BCUT2D eigenvalue weighted by Gasteiger charge is -2.15. The van der Waals surface area contributed by atoms with Gasteiger partial charge in [-0.15, -0.1) is 0 Å². The van der Waals surface area contributed by atoms with Crippen molar-refractivity contribution in [3.8, 4) is 34.7 Å². The predicted octanol–water partition coefficient (Wildman–Crippen LogP) is 2.08. The minimum absolute atomic E-state index is 0.00957. The Hall–Kier alpha value is -3.79. The van der Waals surface area contributed by atoms with Crippen LogP contribution >= 0.6 is 0 Å². The fourth-order valence-electron chi connectivity index (χ4n) is 4.22. The van der Waals surface area contributed by atoms with E-state index >= 15 is 0 Å². The van der Waals surface area contributed by atoms with E-state index in [9.17, 15) is 18.5 Å². The number of nitriles is 1. The minimum atomic E-state index is -3.89. The number of carbonyl (C=O) groups is 1. The highest BCUT2D eigenvalue weighted by atomic mass is 32.2. The predicted molar refractivity (Wildman–Crippen MR) is 134 cm³/mol. The van der Waals surface area contributed by atoms with Gasteiger partial charge in [0, 0.05) is 23.7 Å². The molecule has 1 aromatic heterocycles. The molecule has 0 saturated carbocycles. The monoisotopic (exact) mass is 525 g/mol. The van der Waals surface area contributed by atoms with Crippen LogP contribution in [0.4, 0.5) is 0 Å². The van der Waals surface area contributed by atoms with Crippen LogP contribution in [0.3, 0.4) is 0 Å². The van der Waals surface area contributed by atoms with Gasteiger partial charge < -0.3 is 19.7 Å². The number of hydrogen-bond donors (Lipinski definition) is 3. The number of rotatable bonds is 10. The van der Waals surface area contributed by atoms with E-state index in [4.69, 9.17) is 14.4 Å². The molecular weight excluding hydrogens is 498 g/mol. The molecule has 3 N–H and O–H groups in total. The summed E-state index contributed by atoms with van der Waals surface area (Å²) in [6.45, 7) is 3.48. The summed E-state index contributed by atoms with van der Waals surface area (Å²) in [7, 11) is -3.89. The summed E-state index contributed by atoms with van der Waals surface area (Å²) in [5.41, 5.74) is 3.32. The molecule has 1 aliphatic carbocycles. The molecule has 2 aromatic carbocycles. The number of ether oxygens (including phenoxy) is 1. The quantitative estimate of drug-likeness (QED) is 0.359. The maximum atomic E-state index is 12.5. The first-order valence-corrected chi connectivity index (χ1v) is 13.4. The second-order valence-corrected chi connectivity index (χ2v) is 10.6. The van der Waals surface area contributed by atoms with Gasteiger partial charge in [0.1, 0.15) is 17.6 Å². The van der Waals surface area contributed by atoms with Gasteiger partial charge >= 0.3 is 0 Å². The van der Waals surface area contributed by atoms with Crippen molar-refractivity contribution in [2.75, 3.05) is 18.9 Å². The number of aliphatic hydroxyl groups excluding tert-OH is 1. The van der Waals surface area contributed by atoms with Crippen molar-refractivity contribution in [2.45, 2.75) is 38.8 Å². The lowest BCUT2D eigenvalue weighted by atomic mass is 10.0. The third kappa shape index (κ3) is 6.14. The van der Waals surface area contributed by atoms with Gasteiger partial charge in [-0.1, -0.05) is 23.4 Å². The van der Waals surface area contributed by atoms with Crippen LogP contribution < -0.4 is 14.8 Å². The maximum Gasteiger partial charge on any atom is 0.258 e. The van der Waals surface area contributed by atoms with E-state index in [0.717, 1.165) is 16.7 Å². The van der Waals surface area contributed by atoms with Crippen molar-refractivity contribution in [1.82, 2.24) is 20.2 Å². The van der Waals surface area contributed by atoms with Gasteiger partial charge in [-0.2, -0.15) is 10.2 Å². The van der Waals surface area contributed by atoms with Gasteiger partial charge in [0.25, 0.3) is 5.89 Å². The Labute approximate surface area is 214 Å². The van der Waals surface area contributed by atoms with E-state index < -0.39 is 27.7 Å². The molecule has 12 heteroatoms. The highest BCUT2D eigenvalue weighted by Crippen LogP contribution is 2.38. The largest absolute Gasteiger partial charge is 0.490 e. The third-order valence-corrected chi connectivity index (χ3v) is 7.01. The molecule has 0 aliphatic heterocycles. The molecule has 3 aromatic rings. The van der Waals surface area contributed by atoms with Crippen LogP contribution in [0.15, 0.2) is 40.9 Å². The van der Waals surface area contributed by atoms with Crippen molar-refractivity contribution in [2.24, 2.45) is 0 Å². The third-order valence-electron chi connectivity index (χ3n) is 5.72. The molecule has 4 rings (SSSR count). The molecule has 0 saturated heterocycles. The number of sulfonamides is 1. The highest BCUT2D eigenvalue weighted by molar-refractivity contribution is 7.90. The zero-order valence-corrected chi connectivity index (χ0v) is 21.2. The van der Waals surface area contributed by atoms with Gasteiger partial charge in [-0.05, 0) is 56.0 Å². The number of fused-ring (bicyclic) bond motifs is 1. The molecule has 11 nitrogen and oxygen atoms in total. The molecule has 0 spiro atoms. The fourth-order valence-corrected chi connectivity index (χ4v) is 5.43. The van der Waals surface area contributed by atoms with Crippen LogP contribution in [0.5, 0.6) is 5.75 Å². The Balaban J connectivity index is 1.55. The molecule has 1 heterocycles. The molecule has 0 fully saturated rings. The smallest absolute Gasteiger partial charge is 0.258 e. The van der Waals surface area contributed by atoms with Crippen LogP contribution in [0.25, 0.3) is 22.8 Å². The highest BCUT2D eigenvalue weighted by Gasteiger charge is 2.30. The van der Waals surface area contributed by atoms with Crippen molar-refractivity contribution < 1.29 is 27.6 Å². The van der Waals surface area contributed by atoms with Crippen LogP contribution in [0.1, 0.15) is 43.0 Å². The molecule has 1 aliphatic rings. The lowest BCUT2D eigenvalue weighted by molar-refractivity contribution is -0.118. The van der Waals surface area contributed by atoms with E-state index in [0.29, 0.717) is 35.5 Å². The summed E-state index contributed by atoms with van der Waals surface area (Å²) < 4.78 is 38.8. The lowest BCUT2D eigenvalue weighted by Crippen LogP contribution is -2.38. The van der Waals surface area contributed by atoms with E-state index in [1.807, 2.05) is 26.0 Å². The van der Waals surface area contributed by atoms with Crippen LogP contribution in [0, 0.1) is 11.3 Å².